The SMILES string of the molecule is O=C(CN1C(=O)NC2(CCc3ccccc32)C1=O)Nc1ccccc1C(=O)NC1CCCC1. The van der Waals surface area contributed by atoms with Crippen molar-refractivity contribution in [2.75, 3.05) is 11.9 Å². The normalized spacial score (nSPS) is 21.9. The Labute approximate surface area is 191 Å². The number of fused-ring (bicyclic) bond motifs is 2. The summed E-state index contributed by atoms with van der Waals surface area (Å²) in [5.74, 6) is -1.20. The molecular formula is C25H26N4O4. The van der Waals surface area contributed by atoms with Crippen molar-refractivity contribution < 1.29 is 19.2 Å². The van der Waals surface area contributed by atoms with Gasteiger partial charge >= 0.3 is 6.03 Å². The summed E-state index contributed by atoms with van der Waals surface area (Å²) in [4.78, 5) is 52.4. The number of para-hydroxylation sites is 1. The van der Waals surface area contributed by atoms with Crippen LogP contribution in [0, 0.1) is 0 Å². The Kier molecular flexibility index (Phi) is 5.36. The molecule has 2 fully saturated rings. The van der Waals surface area contributed by atoms with Gasteiger partial charge in [-0.3, -0.25) is 19.3 Å². The van der Waals surface area contributed by atoms with E-state index in [-0.39, 0.29) is 11.9 Å². The zero-order valence-electron chi connectivity index (χ0n) is 18.2. The molecule has 8 heteroatoms. The molecule has 0 bridgehead atoms. The van der Waals surface area contributed by atoms with Crippen LogP contribution in [-0.4, -0.2) is 41.2 Å². The van der Waals surface area contributed by atoms with Crippen LogP contribution < -0.4 is 16.0 Å². The molecule has 1 unspecified atom stereocenters. The summed E-state index contributed by atoms with van der Waals surface area (Å²) < 4.78 is 0. The second kappa shape index (κ2) is 8.35. The summed E-state index contributed by atoms with van der Waals surface area (Å²) in [5, 5.41) is 8.55. The highest BCUT2D eigenvalue weighted by molar-refractivity contribution is 6.11. The van der Waals surface area contributed by atoms with Crippen LogP contribution in [0.2, 0.25) is 0 Å². The van der Waals surface area contributed by atoms with Crippen molar-refractivity contribution in [3.05, 3.63) is 65.2 Å². The minimum Gasteiger partial charge on any atom is -0.349 e. The Balaban J connectivity index is 1.29. The third kappa shape index (κ3) is 3.75. The predicted octanol–water partition coefficient (Wildman–Crippen LogP) is 2.69. The second-order valence-corrected chi connectivity index (χ2v) is 8.93. The molecule has 1 heterocycles. The number of anilines is 1. The molecular weight excluding hydrogens is 420 g/mol. The molecule has 1 saturated heterocycles. The van der Waals surface area contributed by atoms with Gasteiger partial charge in [0.1, 0.15) is 12.1 Å². The number of amides is 5. The van der Waals surface area contributed by atoms with Gasteiger partial charge < -0.3 is 16.0 Å². The first-order valence-corrected chi connectivity index (χ1v) is 11.4. The van der Waals surface area contributed by atoms with Crippen molar-refractivity contribution in [2.45, 2.75) is 50.1 Å². The highest BCUT2D eigenvalue weighted by atomic mass is 16.2. The largest absolute Gasteiger partial charge is 0.349 e. The summed E-state index contributed by atoms with van der Waals surface area (Å²) in [5.41, 5.74) is 1.43. The average molecular weight is 447 g/mol. The Bertz CT molecular complexity index is 1140. The lowest BCUT2D eigenvalue weighted by Gasteiger charge is -2.22. The standard InChI is InChI=1S/C25H26N4O4/c30-21(27-20-12-6-4-10-18(20)22(31)26-17-8-2-3-9-17)15-29-23(32)25(28-24(29)33)14-13-16-7-1-5-11-19(16)25/h1,4-7,10-12,17H,2-3,8-9,13-15H2,(H,26,31)(H,27,30)(H,28,33). The fraction of sp³-hybridized carbons (Fsp3) is 0.360. The number of hydrogen-bond acceptors (Lipinski definition) is 4. The number of imide groups is 1. The van der Waals surface area contributed by atoms with Crippen LogP contribution in [0.4, 0.5) is 10.5 Å². The topological polar surface area (TPSA) is 108 Å². The van der Waals surface area contributed by atoms with Crippen LogP contribution >= 0.6 is 0 Å². The van der Waals surface area contributed by atoms with Gasteiger partial charge in [-0.2, -0.15) is 0 Å². The van der Waals surface area contributed by atoms with Gasteiger partial charge in [-0.05, 0) is 48.9 Å². The maximum atomic E-state index is 13.3. The number of carbonyl (C=O) groups excluding carboxylic acids is 4. The van der Waals surface area contributed by atoms with Gasteiger partial charge in [0.15, 0.2) is 0 Å². The molecule has 0 aromatic heterocycles. The Morgan fingerprint density at radius 2 is 1.76 bits per heavy atom. The zero-order valence-corrected chi connectivity index (χ0v) is 18.2. The van der Waals surface area contributed by atoms with Gasteiger partial charge in [0.05, 0.1) is 11.3 Å². The van der Waals surface area contributed by atoms with Crippen molar-refractivity contribution >= 4 is 29.4 Å². The van der Waals surface area contributed by atoms with Gasteiger partial charge in [-0.15, -0.1) is 0 Å². The van der Waals surface area contributed by atoms with Crippen molar-refractivity contribution in [3.8, 4) is 0 Å². The predicted molar refractivity (Wildman–Crippen MR) is 121 cm³/mol. The summed E-state index contributed by atoms with van der Waals surface area (Å²) in [6, 6.07) is 13.9. The minimum absolute atomic E-state index is 0.151. The molecule has 0 radical (unpaired) electrons. The average Bonchev–Trinajstić information content (AvgIpc) is 3.51. The lowest BCUT2D eigenvalue weighted by molar-refractivity contribution is -0.134. The molecule has 3 aliphatic rings. The van der Waals surface area contributed by atoms with Crippen LogP contribution in [0.1, 0.15) is 53.6 Å². The number of rotatable bonds is 5. The smallest absolute Gasteiger partial charge is 0.325 e. The van der Waals surface area contributed by atoms with Crippen molar-refractivity contribution in [1.29, 1.82) is 0 Å². The van der Waals surface area contributed by atoms with E-state index >= 15 is 0 Å². The van der Waals surface area contributed by atoms with Gasteiger partial charge in [0, 0.05) is 6.04 Å². The second-order valence-electron chi connectivity index (χ2n) is 8.93. The number of urea groups is 1. The highest BCUT2D eigenvalue weighted by Crippen LogP contribution is 2.41. The van der Waals surface area contributed by atoms with Gasteiger partial charge in [-0.1, -0.05) is 49.2 Å². The first kappa shape index (κ1) is 21.2. The van der Waals surface area contributed by atoms with Gasteiger partial charge in [0.25, 0.3) is 11.8 Å². The third-order valence-corrected chi connectivity index (χ3v) is 6.86. The van der Waals surface area contributed by atoms with E-state index in [0.717, 1.165) is 41.7 Å². The molecule has 33 heavy (non-hydrogen) atoms. The van der Waals surface area contributed by atoms with Crippen LogP contribution in [0.25, 0.3) is 0 Å². The number of carbonyl (C=O) groups is 4. The van der Waals surface area contributed by atoms with E-state index < -0.39 is 29.9 Å². The first-order chi connectivity index (χ1) is 16.0. The number of benzene rings is 2. The molecule has 3 N–H and O–H groups in total. The van der Waals surface area contributed by atoms with Crippen LogP contribution in [0.5, 0.6) is 0 Å². The molecule has 2 aromatic rings. The molecule has 8 nitrogen and oxygen atoms in total. The molecule has 1 aliphatic heterocycles. The Morgan fingerprint density at radius 3 is 2.58 bits per heavy atom. The maximum Gasteiger partial charge on any atom is 0.325 e. The summed E-state index contributed by atoms with van der Waals surface area (Å²) in [7, 11) is 0. The molecule has 5 amide bonds. The maximum absolute atomic E-state index is 13.3. The molecule has 2 aromatic carbocycles. The van der Waals surface area contributed by atoms with E-state index in [4.69, 9.17) is 0 Å². The number of aryl methyl sites for hydroxylation is 1. The summed E-state index contributed by atoms with van der Waals surface area (Å²) in [6.07, 6.45) is 5.27. The molecule has 2 aliphatic carbocycles. The van der Waals surface area contributed by atoms with E-state index in [1.165, 1.54) is 0 Å². The van der Waals surface area contributed by atoms with E-state index in [9.17, 15) is 19.2 Å². The first-order valence-electron chi connectivity index (χ1n) is 11.4. The van der Waals surface area contributed by atoms with Crippen LogP contribution in [-0.2, 0) is 21.5 Å². The van der Waals surface area contributed by atoms with Crippen LogP contribution in [0.15, 0.2) is 48.5 Å². The molecule has 1 spiro atoms. The molecule has 5 rings (SSSR count). The Hall–Kier alpha value is -3.68. The quantitative estimate of drug-likeness (QED) is 0.614. The van der Waals surface area contributed by atoms with Crippen molar-refractivity contribution in [3.63, 3.8) is 0 Å². The van der Waals surface area contributed by atoms with Crippen molar-refractivity contribution in [2.24, 2.45) is 0 Å². The van der Waals surface area contributed by atoms with E-state index in [1.54, 1.807) is 24.3 Å². The minimum atomic E-state index is -1.10. The fourth-order valence-electron chi connectivity index (χ4n) is 5.19. The molecule has 1 atom stereocenters. The van der Waals surface area contributed by atoms with Crippen LogP contribution in [0.3, 0.4) is 0 Å². The van der Waals surface area contributed by atoms with E-state index in [2.05, 4.69) is 16.0 Å². The number of nitrogens with one attached hydrogen (secondary N) is 3. The summed E-state index contributed by atoms with van der Waals surface area (Å²) in [6.45, 7) is -0.423. The Morgan fingerprint density at radius 1 is 1.03 bits per heavy atom. The lowest BCUT2D eigenvalue weighted by atomic mass is 9.92. The lowest BCUT2D eigenvalue weighted by Crippen LogP contribution is -2.43. The van der Waals surface area contributed by atoms with E-state index in [1.807, 2.05) is 24.3 Å². The van der Waals surface area contributed by atoms with Gasteiger partial charge in [0.2, 0.25) is 5.91 Å². The summed E-state index contributed by atoms with van der Waals surface area (Å²) >= 11 is 0. The van der Waals surface area contributed by atoms with Gasteiger partial charge in [-0.25, -0.2) is 4.79 Å². The van der Waals surface area contributed by atoms with Crippen molar-refractivity contribution in [1.82, 2.24) is 15.5 Å². The zero-order chi connectivity index (χ0) is 23.0. The monoisotopic (exact) mass is 446 g/mol. The molecule has 1 saturated carbocycles. The fourth-order valence-corrected chi connectivity index (χ4v) is 5.19. The number of nitrogens with zero attached hydrogens (tertiary/aromatic N) is 1. The highest BCUT2D eigenvalue weighted by Gasteiger charge is 2.55. The third-order valence-electron chi connectivity index (χ3n) is 6.86. The number of hydrogen-bond donors (Lipinski definition) is 3. The molecule has 170 valence electrons. The van der Waals surface area contributed by atoms with E-state index in [0.29, 0.717) is 24.1 Å².